The highest BCUT2D eigenvalue weighted by Gasteiger charge is 2.04. The standard InChI is InChI=1S/C17H18BrCl2N3/c18-15-3-5-16(6-4-15)22-21-13-14-1-7-17(8-2-14)23(11-9-19)12-10-20/h1-8,13,22H,9-12H2. The molecule has 0 unspecified atom stereocenters. The van der Waals surface area contributed by atoms with Crippen LogP contribution in [0.2, 0.25) is 0 Å². The average Bonchev–Trinajstić information content (AvgIpc) is 2.57. The summed E-state index contributed by atoms with van der Waals surface area (Å²) in [6.45, 7) is 1.57. The van der Waals surface area contributed by atoms with E-state index in [4.69, 9.17) is 23.2 Å². The molecule has 0 atom stereocenters. The maximum atomic E-state index is 5.83. The molecule has 0 aromatic heterocycles. The van der Waals surface area contributed by atoms with Crippen molar-refractivity contribution in [1.29, 1.82) is 0 Å². The van der Waals surface area contributed by atoms with Crippen molar-refractivity contribution >= 4 is 56.7 Å². The summed E-state index contributed by atoms with van der Waals surface area (Å²) in [6, 6.07) is 16.0. The van der Waals surface area contributed by atoms with Gasteiger partial charge >= 0.3 is 0 Å². The largest absolute Gasteiger partial charge is 0.369 e. The van der Waals surface area contributed by atoms with Gasteiger partial charge in [0, 0.05) is 35.0 Å². The van der Waals surface area contributed by atoms with Gasteiger partial charge < -0.3 is 4.90 Å². The van der Waals surface area contributed by atoms with Gasteiger partial charge in [-0.3, -0.25) is 5.43 Å². The summed E-state index contributed by atoms with van der Waals surface area (Å²) in [5.74, 6) is 1.16. The number of anilines is 2. The molecule has 2 aromatic carbocycles. The topological polar surface area (TPSA) is 27.6 Å². The molecular weight excluding hydrogens is 397 g/mol. The highest BCUT2D eigenvalue weighted by atomic mass is 79.9. The van der Waals surface area contributed by atoms with Crippen LogP contribution in [0, 0.1) is 0 Å². The predicted octanol–water partition coefficient (Wildman–Crippen LogP) is 5.18. The van der Waals surface area contributed by atoms with Crippen LogP contribution < -0.4 is 10.3 Å². The fourth-order valence-corrected chi connectivity index (χ4v) is 2.72. The van der Waals surface area contributed by atoms with E-state index in [9.17, 15) is 0 Å². The number of alkyl halides is 2. The van der Waals surface area contributed by atoms with Gasteiger partial charge in [0.15, 0.2) is 0 Å². The van der Waals surface area contributed by atoms with Gasteiger partial charge in [0.25, 0.3) is 0 Å². The quantitative estimate of drug-likeness (QED) is 0.366. The zero-order valence-corrected chi connectivity index (χ0v) is 15.7. The van der Waals surface area contributed by atoms with Crippen molar-refractivity contribution in [3.05, 3.63) is 58.6 Å². The fourth-order valence-electron chi connectivity index (χ4n) is 2.05. The number of benzene rings is 2. The molecule has 2 rings (SSSR count). The van der Waals surface area contributed by atoms with E-state index in [0.29, 0.717) is 11.8 Å². The molecule has 0 saturated carbocycles. The summed E-state index contributed by atoms with van der Waals surface area (Å²) in [5, 5.41) is 4.24. The van der Waals surface area contributed by atoms with Crippen LogP contribution in [0.4, 0.5) is 11.4 Å². The molecule has 23 heavy (non-hydrogen) atoms. The van der Waals surface area contributed by atoms with Gasteiger partial charge in [0.2, 0.25) is 0 Å². The first-order valence-corrected chi connectivity index (χ1v) is 9.10. The first-order valence-electron chi connectivity index (χ1n) is 7.24. The van der Waals surface area contributed by atoms with Crippen LogP contribution in [0.25, 0.3) is 0 Å². The second-order valence-electron chi connectivity index (χ2n) is 4.83. The lowest BCUT2D eigenvalue weighted by atomic mass is 10.2. The van der Waals surface area contributed by atoms with E-state index >= 15 is 0 Å². The van der Waals surface area contributed by atoms with Gasteiger partial charge in [-0.25, -0.2) is 0 Å². The van der Waals surface area contributed by atoms with Gasteiger partial charge in [0.05, 0.1) is 11.9 Å². The minimum absolute atomic E-state index is 0.581. The Morgan fingerprint density at radius 3 is 2.13 bits per heavy atom. The maximum absolute atomic E-state index is 5.83. The Kier molecular flexibility index (Phi) is 7.72. The van der Waals surface area contributed by atoms with Crippen LogP contribution >= 0.6 is 39.1 Å². The Morgan fingerprint density at radius 1 is 0.957 bits per heavy atom. The third-order valence-corrected chi connectivity index (χ3v) is 4.09. The Morgan fingerprint density at radius 2 is 1.57 bits per heavy atom. The molecule has 0 amide bonds. The molecule has 122 valence electrons. The van der Waals surface area contributed by atoms with Crippen molar-refractivity contribution in [1.82, 2.24) is 0 Å². The highest BCUT2D eigenvalue weighted by molar-refractivity contribution is 9.10. The molecule has 2 aromatic rings. The third kappa shape index (κ3) is 6.05. The molecule has 0 aliphatic rings. The molecule has 0 spiro atoms. The smallest absolute Gasteiger partial charge is 0.0562 e. The summed E-state index contributed by atoms with van der Waals surface area (Å²) in [5.41, 5.74) is 6.08. The van der Waals surface area contributed by atoms with Crippen LogP contribution in [0.3, 0.4) is 0 Å². The number of halogens is 3. The van der Waals surface area contributed by atoms with Crippen molar-refractivity contribution in [2.24, 2.45) is 5.10 Å². The molecule has 0 heterocycles. The van der Waals surface area contributed by atoms with Gasteiger partial charge in [-0.05, 0) is 42.0 Å². The van der Waals surface area contributed by atoms with E-state index in [-0.39, 0.29) is 0 Å². The van der Waals surface area contributed by atoms with Crippen LogP contribution in [0.15, 0.2) is 58.1 Å². The number of hydrogen-bond acceptors (Lipinski definition) is 3. The normalized spacial score (nSPS) is 10.9. The van der Waals surface area contributed by atoms with E-state index < -0.39 is 0 Å². The monoisotopic (exact) mass is 413 g/mol. The zero-order valence-electron chi connectivity index (χ0n) is 12.6. The van der Waals surface area contributed by atoms with Crippen LogP contribution in [0.1, 0.15) is 5.56 Å². The lowest BCUT2D eigenvalue weighted by Crippen LogP contribution is -2.27. The Labute approximate surface area is 155 Å². The number of hydrogen-bond donors (Lipinski definition) is 1. The summed E-state index contributed by atoms with van der Waals surface area (Å²) in [7, 11) is 0. The fraction of sp³-hybridized carbons (Fsp3) is 0.235. The predicted molar refractivity (Wildman–Crippen MR) is 105 cm³/mol. The second-order valence-corrected chi connectivity index (χ2v) is 6.51. The summed E-state index contributed by atoms with van der Waals surface area (Å²) in [4.78, 5) is 2.17. The summed E-state index contributed by atoms with van der Waals surface area (Å²) >= 11 is 15.1. The number of rotatable bonds is 8. The Bertz CT molecular complexity index is 609. The van der Waals surface area contributed by atoms with Crippen molar-refractivity contribution < 1.29 is 0 Å². The molecule has 0 saturated heterocycles. The molecule has 0 radical (unpaired) electrons. The third-order valence-electron chi connectivity index (χ3n) is 3.22. The first-order chi connectivity index (χ1) is 11.2. The number of hydrazone groups is 1. The van der Waals surface area contributed by atoms with E-state index in [0.717, 1.165) is 34.5 Å². The first kappa shape index (κ1) is 18.1. The zero-order chi connectivity index (χ0) is 16.5. The van der Waals surface area contributed by atoms with Crippen molar-refractivity contribution in [3.63, 3.8) is 0 Å². The van der Waals surface area contributed by atoms with Crippen molar-refractivity contribution in [3.8, 4) is 0 Å². The Hall–Kier alpha value is -1.23. The minimum atomic E-state index is 0.581. The van der Waals surface area contributed by atoms with E-state index in [1.54, 1.807) is 6.21 Å². The summed E-state index contributed by atoms with van der Waals surface area (Å²) in [6.07, 6.45) is 1.79. The van der Waals surface area contributed by atoms with Gasteiger partial charge in [-0.2, -0.15) is 5.10 Å². The lowest BCUT2D eigenvalue weighted by molar-refractivity contribution is 0.874. The Balaban J connectivity index is 1.95. The molecule has 0 bridgehead atoms. The molecule has 0 aliphatic heterocycles. The molecule has 0 fully saturated rings. The van der Waals surface area contributed by atoms with E-state index in [1.807, 2.05) is 36.4 Å². The van der Waals surface area contributed by atoms with Crippen LogP contribution in [-0.2, 0) is 0 Å². The van der Waals surface area contributed by atoms with E-state index in [1.165, 1.54) is 0 Å². The van der Waals surface area contributed by atoms with Gasteiger partial charge in [0.1, 0.15) is 0 Å². The lowest BCUT2D eigenvalue weighted by Gasteiger charge is -2.22. The number of nitrogens with zero attached hydrogens (tertiary/aromatic N) is 2. The highest BCUT2D eigenvalue weighted by Crippen LogP contribution is 2.16. The van der Waals surface area contributed by atoms with Crippen molar-refractivity contribution in [2.75, 3.05) is 35.2 Å². The molecule has 3 nitrogen and oxygen atoms in total. The molecule has 6 heteroatoms. The molecule has 0 aliphatic carbocycles. The second kappa shape index (κ2) is 9.81. The number of nitrogens with one attached hydrogen (secondary N) is 1. The van der Waals surface area contributed by atoms with Crippen LogP contribution in [0.5, 0.6) is 0 Å². The van der Waals surface area contributed by atoms with Gasteiger partial charge in [-0.15, -0.1) is 23.2 Å². The van der Waals surface area contributed by atoms with Gasteiger partial charge in [-0.1, -0.05) is 28.1 Å². The molecular formula is C17H18BrCl2N3. The van der Waals surface area contributed by atoms with Crippen molar-refractivity contribution in [2.45, 2.75) is 0 Å². The minimum Gasteiger partial charge on any atom is -0.369 e. The molecule has 1 N–H and O–H groups in total. The maximum Gasteiger partial charge on any atom is 0.0562 e. The van der Waals surface area contributed by atoms with Crippen LogP contribution in [-0.4, -0.2) is 31.1 Å². The SMILES string of the molecule is ClCCN(CCCl)c1ccc(C=NNc2ccc(Br)cc2)cc1. The average molecular weight is 415 g/mol. The summed E-state index contributed by atoms with van der Waals surface area (Å²) < 4.78 is 1.04. The van der Waals surface area contributed by atoms with E-state index in [2.05, 4.69) is 43.5 Å².